The predicted molar refractivity (Wildman–Crippen MR) is 82.2 cm³/mol. The van der Waals surface area contributed by atoms with Crippen molar-refractivity contribution in [3.05, 3.63) is 29.8 Å². The Morgan fingerprint density at radius 1 is 1.20 bits per heavy atom. The third kappa shape index (κ3) is 2.97. The van der Waals surface area contributed by atoms with Crippen molar-refractivity contribution in [1.29, 1.82) is 0 Å². The molecule has 2 saturated heterocycles. The van der Waals surface area contributed by atoms with Crippen LogP contribution in [0, 0.1) is 5.92 Å². The van der Waals surface area contributed by atoms with E-state index in [0.717, 1.165) is 45.9 Å². The Labute approximate surface area is 121 Å². The highest BCUT2D eigenvalue weighted by molar-refractivity contribution is 5.48. The van der Waals surface area contributed by atoms with E-state index in [1.54, 1.807) is 0 Å². The fourth-order valence-corrected chi connectivity index (χ4v) is 3.34. The molecule has 0 amide bonds. The standard InChI is InChI=1S/C16H25N3O/c17-11-14-5-6-18-12-16(14)13-1-3-15(4-2-13)19-7-9-20-10-8-19/h1-4,14,16,18H,5-12,17H2. The Morgan fingerprint density at radius 2 is 1.95 bits per heavy atom. The van der Waals surface area contributed by atoms with E-state index in [0.29, 0.717) is 11.8 Å². The second-order valence-electron chi connectivity index (χ2n) is 5.79. The van der Waals surface area contributed by atoms with E-state index < -0.39 is 0 Å². The number of hydrogen-bond donors (Lipinski definition) is 2. The summed E-state index contributed by atoms with van der Waals surface area (Å²) in [5, 5.41) is 3.49. The average molecular weight is 275 g/mol. The summed E-state index contributed by atoms with van der Waals surface area (Å²) < 4.78 is 5.40. The van der Waals surface area contributed by atoms with Crippen molar-refractivity contribution in [2.24, 2.45) is 11.7 Å². The molecule has 3 rings (SSSR count). The minimum atomic E-state index is 0.562. The molecule has 1 aromatic rings. The van der Waals surface area contributed by atoms with E-state index in [-0.39, 0.29) is 0 Å². The highest BCUT2D eigenvalue weighted by atomic mass is 16.5. The zero-order chi connectivity index (χ0) is 13.8. The van der Waals surface area contributed by atoms with Gasteiger partial charge in [0.2, 0.25) is 0 Å². The molecule has 0 radical (unpaired) electrons. The first-order valence-corrected chi connectivity index (χ1v) is 7.72. The van der Waals surface area contributed by atoms with Crippen molar-refractivity contribution in [2.75, 3.05) is 50.8 Å². The molecule has 0 saturated carbocycles. The van der Waals surface area contributed by atoms with Crippen molar-refractivity contribution in [3.63, 3.8) is 0 Å². The molecular weight excluding hydrogens is 250 g/mol. The molecule has 20 heavy (non-hydrogen) atoms. The first-order valence-electron chi connectivity index (χ1n) is 7.72. The summed E-state index contributed by atoms with van der Waals surface area (Å²) in [6, 6.07) is 9.07. The minimum absolute atomic E-state index is 0.562. The van der Waals surface area contributed by atoms with Crippen LogP contribution in [-0.4, -0.2) is 45.9 Å². The third-order valence-corrected chi connectivity index (χ3v) is 4.63. The summed E-state index contributed by atoms with van der Waals surface area (Å²) in [7, 11) is 0. The normalized spacial score (nSPS) is 27.6. The van der Waals surface area contributed by atoms with Gasteiger partial charge in [0.1, 0.15) is 0 Å². The van der Waals surface area contributed by atoms with Crippen LogP contribution < -0.4 is 16.0 Å². The average Bonchev–Trinajstić information content (AvgIpc) is 2.56. The SMILES string of the molecule is NCC1CCNCC1c1ccc(N2CCOCC2)cc1. The van der Waals surface area contributed by atoms with Gasteiger partial charge < -0.3 is 20.7 Å². The van der Waals surface area contributed by atoms with Crippen molar-refractivity contribution in [2.45, 2.75) is 12.3 Å². The summed E-state index contributed by atoms with van der Waals surface area (Å²) in [5.74, 6) is 1.18. The molecule has 110 valence electrons. The Bertz CT molecular complexity index is 414. The molecule has 2 atom stereocenters. The smallest absolute Gasteiger partial charge is 0.0642 e. The van der Waals surface area contributed by atoms with Crippen molar-refractivity contribution in [3.8, 4) is 0 Å². The largest absolute Gasteiger partial charge is 0.378 e. The maximum Gasteiger partial charge on any atom is 0.0642 e. The molecule has 4 nitrogen and oxygen atoms in total. The van der Waals surface area contributed by atoms with Gasteiger partial charge in [-0.25, -0.2) is 0 Å². The number of nitrogens with one attached hydrogen (secondary N) is 1. The number of ether oxygens (including phenoxy) is 1. The van der Waals surface area contributed by atoms with Crippen LogP contribution in [-0.2, 0) is 4.74 Å². The molecule has 3 N–H and O–H groups in total. The summed E-state index contributed by atoms with van der Waals surface area (Å²) in [6.07, 6.45) is 1.19. The summed E-state index contributed by atoms with van der Waals surface area (Å²) >= 11 is 0. The quantitative estimate of drug-likeness (QED) is 0.869. The van der Waals surface area contributed by atoms with Crippen molar-refractivity contribution in [1.82, 2.24) is 5.32 Å². The van der Waals surface area contributed by atoms with Gasteiger partial charge in [0.25, 0.3) is 0 Å². The van der Waals surface area contributed by atoms with Gasteiger partial charge in [0, 0.05) is 31.2 Å². The van der Waals surface area contributed by atoms with Gasteiger partial charge in [-0.05, 0) is 43.1 Å². The van der Waals surface area contributed by atoms with Gasteiger partial charge in [-0.2, -0.15) is 0 Å². The lowest BCUT2D eigenvalue weighted by molar-refractivity contribution is 0.122. The number of benzene rings is 1. The van der Waals surface area contributed by atoms with E-state index in [4.69, 9.17) is 10.5 Å². The molecule has 1 aromatic carbocycles. The van der Waals surface area contributed by atoms with Crippen molar-refractivity contribution >= 4 is 5.69 Å². The first-order chi connectivity index (χ1) is 9.88. The first kappa shape index (κ1) is 13.9. The number of piperidine rings is 1. The van der Waals surface area contributed by atoms with Crippen LogP contribution in [0.15, 0.2) is 24.3 Å². The molecule has 4 heteroatoms. The van der Waals surface area contributed by atoms with E-state index in [9.17, 15) is 0 Å². The fraction of sp³-hybridized carbons (Fsp3) is 0.625. The maximum atomic E-state index is 5.93. The number of nitrogens with zero attached hydrogens (tertiary/aromatic N) is 1. The lowest BCUT2D eigenvalue weighted by Crippen LogP contribution is -2.38. The monoisotopic (exact) mass is 275 g/mol. The maximum absolute atomic E-state index is 5.93. The van der Waals surface area contributed by atoms with Gasteiger partial charge >= 0.3 is 0 Å². The molecular formula is C16H25N3O. The van der Waals surface area contributed by atoms with Gasteiger partial charge in [0.15, 0.2) is 0 Å². The molecule has 2 unspecified atom stereocenters. The number of morpholine rings is 1. The molecule has 2 aliphatic rings. The van der Waals surface area contributed by atoms with Crippen molar-refractivity contribution < 1.29 is 4.74 Å². The molecule has 0 spiro atoms. The lowest BCUT2D eigenvalue weighted by Gasteiger charge is -2.32. The van der Waals surface area contributed by atoms with Gasteiger partial charge in [-0.1, -0.05) is 12.1 Å². The van der Waals surface area contributed by atoms with Crippen LogP contribution >= 0.6 is 0 Å². The predicted octanol–water partition coefficient (Wildman–Crippen LogP) is 1.18. The van der Waals surface area contributed by atoms with Crippen LogP contribution in [0.2, 0.25) is 0 Å². The van der Waals surface area contributed by atoms with Gasteiger partial charge in [-0.15, -0.1) is 0 Å². The van der Waals surface area contributed by atoms with Crippen LogP contribution in [0.5, 0.6) is 0 Å². The molecule has 2 heterocycles. The summed E-state index contributed by atoms with van der Waals surface area (Å²) in [5.41, 5.74) is 8.66. The highest BCUT2D eigenvalue weighted by Gasteiger charge is 2.25. The minimum Gasteiger partial charge on any atom is -0.378 e. The van der Waals surface area contributed by atoms with Crippen LogP contribution in [0.25, 0.3) is 0 Å². The highest BCUT2D eigenvalue weighted by Crippen LogP contribution is 2.30. The van der Waals surface area contributed by atoms with E-state index in [1.165, 1.54) is 17.7 Å². The third-order valence-electron chi connectivity index (χ3n) is 4.63. The van der Waals surface area contributed by atoms with Crippen LogP contribution in [0.3, 0.4) is 0 Å². The Balaban J connectivity index is 1.71. The molecule has 2 aliphatic heterocycles. The van der Waals surface area contributed by atoms with E-state index in [2.05, 4.69) is 34.5 Å². The molecule has 0 bridgehead atoms. The Kier molecular flexibility index (Phi) is 4.55. The fourth-order valence-electron chi connectivity index (χ4n) is 3.34. The number of anilines is 1. The number of rotatable bonds is 3. The summed E-state index contributed by atoms with van der Waals surface area (Å²) in [4.78, 5) is 2.40. The molecule has 0 aromatic heterocycles. The second kappa shape index (κ2) is 6.57. The zero-order valence-electron chi connectivity index (χ0n) is 12.1. The van der Waals surface area contributed by atoms with Gasteiger partial charge in [-0.3, -0.25) is 0 Å². The molecule has 0 aliphatic carbocycles. The molecule has 2 fully saturated rings. The topological polar surface area (TPSA) is 50.5 Å². The van der Waals surface area contributed by atoms with E-state index in [1.807, 2.05) is 0 Å². The lowest BCUT2D eigenvalue weighted by atomic mass is 9.81. The van der Waals surface area contributed by atoms with Crippen LogP contribution in [0.4, 0.5) is 5.69 Å². The summed E-state index contributed by atoms with van der Waals surface area (Å²) in [6.45, 7) is 6.61. The Morgan fingerprint density at radius 3 is 2.65 bits per heavy atom. The second-order valence-corrected chi connectivity index (χ2v) is 5.79. The number of nitrogens with two attached hydrogens (primary N) is 1. The van der Waals surface area contributed by atoms with Gasteiger partial charge in [0.05, 0.1) is 13.2 Å². The number of hydrogen-bond acceptors (Lipinski definition) is 4. The zero-order valence-corrected chi connectivity index (χ0v) is 12.1. The Hall–Kier alpha value is -1.10. The van der Waals surface area contributed by atoms with Crippen LogP contribution in [0.1, 0.15) is 17.9 Å². The van der Waals surface area contributed by atoms with E-state index >= 15 is 0 Å².